The average molecular weight is 273 g/mol. The number of H-pyrrole nitrogens is 1. The summed E-state index contributed by atoms with van der Waals surface area (Å²) in [6.07, 6.45) is 1.22. The first-order valence-electron chi connectivity index (χ1n) is 6.66. The van der Waals surface area contributed by atoms with Gasteiger partial charge in [0.1, 0.15) is 11.4 Å². The average Bonchev–Trinajstić information content (AvgIpc) is 2.40. The minimum atomic E-state index is -0.348. The quantitative estimate of drug-likeness (QED) is 0.791. The summed E-state index contributed by atoms with van der Waals surface area (Å²) in [6, 6.07) is 7.27. The molecule has 5 heteroatoms. The van der Waals surface area contributed by atoms with Crippen molar-refractivity contribution in [3.05, 3.63) is 46.0 Å². The smallest absolute Gasteiger partial charge is 0.262 e. The normalized spacial score (nSPS) is 12.3. The molecule has 0 aliphatic heterocycles. The van der Waals surface area contributed by atoms with Gasteiger partial charge in [0, 0.05) is 12.5 Å². The SMILES string of the molecule is CCC(N)Cc1nc(O)c(-c2ccc(C)cc2)c(=O)[nH]1. The summed E-state index contributed by atoms with van der Waals surface area (Å²) in [5.41, 5.74) is 7.41. The lowest BCUT2D eigenvalue weighted by Crippen LogP contribution is -2.25. The molecular weight excluding hydrogens is 254 g/mol. The van der Waals surface area contributed by atoms with Gasteiger partial charge in [0.25, 0.3) is 5.56 Å². The van der Waals surface area contributed by atoms with Crippen molar-refractivity contribution >= 4 is 0 Å². The lowest BCUT2D eigenvalue weighted by Gasteiger charge is -2.09. The van der Waals surface area contributed by atoms with Crippen molar-refractivity contribution in [1.82, 2.24) is 9.97 Å². The van der Waals surface area contributed by atoms with Gasteiger partial charge in [-0.25, -0.2) is 0 Å². The highest BCUT2D eigenvalue weighted by atomic mass is 16.3. The number of aromatic hydroxyl groups is 1. The molecule has 0 saturated heterocycles. The Labute approximate surface area is 117 Å². The molecule has 0 aliphatic carbocycles. The second-order valence-electron chi connectivity index (χ2n) is 4.95. The zero-order chi connectivity index (χ0) is 14.7. The van der Waals surface area contributed by atoms with Crippen LogP contribution in [0.15, 0.2) is 29.1 Å². The Bertz CT molecular complexity index is 647. The highest BCUT2D eigenvalue weighted by Crippen LogP contribution is 2.23. The monoisotopic (exact) mass is 273 g/mol. The maximum absolute atomic E-state index is 12.1. The van der Waals surface area contributed by atoms with Crippen molar-refractivity contribution in [1.29, 1.82) is 0 Å². The van der Waals surface area contributed by atoms with E-state index >= 15 is 0 Å². The van der Waals surface area contributed by atoms with Gasteiger partial charge in [-0.3, -0.25) is 4.79 Å². The standard InChI is InChI=1S/C15H19N3O2/c1-3-11(16)8-12-17-14(19)13(15(20)18-12)10-6-4-9(2)5-7-10/h4-7,11H,3,8,16H2,1-2H3,(H2,17,18,19,20). The van der Waals surface area contributed by atoms with E-state index in [0.717, 1.165) is 12.0 Å². The van der Waals surface area contributed by atoms with Crippen molar-refractivity contribution < 1.29 is 5.11 Å². The van der Waals surface area contributed by atoms with Crippen LogP contribution in [0.5, 0.6) is 5.88 Å². The third-order valence-electron chi connectivity index (χ3n) is 3.27. The molecule has 1 atom stereocenters. The van der Waals surface area contributed by atoms with Gasteiger partial charge in [0.05, 0.1) is 0 Å². The van der Waals surface area contributed by atoms with Crippen LogP contribution in [0.2, 0.25) is 0 Å². The van der Waals surface area contributed by atoms with Crippen LogP contribution in [-0.4, -0.2) is 21.1 Å². The Morgan fingerprint density at radius 3 is 2.55 bits per heavy atom. The summed E-state index contributed by atoms with van der Waals surface area (Å²) in [5.74, 6) is 0.161. The molecule has 5 nitrogen and oxygen atoms in total. The molecule has 0 bridgehead atoms. The predicted octanol–water partition coefficient (Wildman–Crippen LogP) is 1.73. The molecule has 2 aromatic rings. The van der Waals surface area contributed by atoms with Crippen molar-refractivity contribution in [2.45, 2.75) is 32.7 Å². The molecular formula is C15H19N3O2. The minimum Gasteiger partial charge on any atom is -0.493 e. The van der Waals surface area contributed by atoms with Crippen molar-refractivity contribution in [3.8, 4) is 17.0 Å². The Morgan fingerprint density at radius 1 is 1.35 bits per heavy atom. The van der Waals surface area contributed by atoms with Gasteiger partial charge in [0.15, 0.2) is 0 Å². The van der Waals surface area contributed by atoms with E-state index in [1.54, 1.807) is 12.1 Å². The predicted molar refractivity (Wildman–Crippen MR) is 78.7 cm³/mol. The van der Waals surface area contributed by atoms with E-state index < -0.39 is 0 Å². The van der Waals surface area contributed by atoms with E-state index in [4.69, 9.17) is 5.73 Å². The topological polar surface area (TPSA) is 92.0 Å². The van der Waals surface area contributed by atoms with Crippen LogP contribution in [-0.2, 0) is 6.42 Å². The second kappa shape index (κ2) is 5.88. The van der Waals surface area contributed by atoms with E-state index in [2.05, 4.69) is 9.97 Å². The number of rotatable bonds is 4. The van der Waals surface area contributed by atoms with Crippen LogP contribution in [0, 0.1) is 6.92 Å². The number of benzene rings is 1. The molecule has 20 heavy (non-hydrogen) atoms. The summed E-state index contributed by atoms with van der Waals surface area (Å²) in [5, 5.41) is 10.0. The molecule has 0 spiro atoms. The van der Waals surface area contributed by atoms with E-state index in [-0.39, 0.29) is 23.0 Å². The first-order valence-corrected chi connectivity index (χ1v) is 6.66. The molecule has 0 aliphatic rings. The number of aryl methyl sites for hydroxylation is 1. The lowest BCUT2D eigenvalue weighted by molar-refractivity contribution is 0.448. The van der Waals surface area contributed by atoms with Gasteiger partial charge in [-0.2, -0.15) is 4.98 Å². The minimum absolute atomic E-state index is 0.0808. The number of nitrogens with two attached hydrogens (primary N) is 1. The third kappa shape index (κ3) is 3.05. The van der Waals surface area contributed by atoms with Crippen LogP contribution in [0.4, 0.5) is 0 Å². The highest BCUT2D eigenvalue weighted by Gasteiger charge is 2.14. The molecule has 1 heterocycles. The van der Waals surface area contributed by atoms with Gasteiger partial charge in [-0.05, 0) is 18.9 Å². The van der Waals surface area contributed by atoms with Crippen molar-refractivity contribution in [2.75, 3.05) is 0 Å². The van der Waals surface area contributed by atoms with Crippen LogP contribution in [0.25, 0.3) is 11.1 Å². The molecule has 1 aromatic carbocycles. The molecule has 106 valence electrons. The van der Waals surface area contributed by atoms with Crippen LogP contribution in [0.1, 0.15) is 24.7 Å². The summed E-state index contributed by atoms with van der Waals surface area (Å²) >= 11 is 0. The van der Waals surface area contributed by atoms with E-state index in [0.29, 0.717) is 17.8 Å². The fourth-order valence-electron chi connectivity index (χ4n) is 1.98. The van der Waals surface area contributed by atoms with Gasteiger partial charge < -0.3 is 15.8 Å². The zero-order valence-corrected chi connectivity index (χ0v) is 11.7. The second-order valence-corrected chi connectivity index (χ2v) is 4.95. The molecule has 0 amide bonds. The van der Waals surface area contributed by atoms with Gasteiger partial charge >= 0.3 is 0 Å². The van der Waals surface area contributed by atoms with Crippen LogP contribution in [0.3, 0.4) is 0 Å². The van der Waals surface area contributed by atoms with Gasteiger partial charge in [-0.1, -0.05) is 36.8 Å². The summed E-state index contributed by atoms with van der Waals surface area (Å²) in [6.45, 7) is 3.92. The number of nitrogens with one attached hydrogen (secondary N) is 1. The first-order chi connectivity index (χ1) is 9.51. The fraction of sp³-hybridized carbons (Fsp3) is 0.333. The Balaban J connectivity index is 2.41. The molecule has 1 aromatic heterocycles. The van der Waals surface area contributed by atoms with Gasteiger partial charge in [0.2, 0.25) is 5.88 Å². The van der Waals surface area contributed by atoms with Crippen molar-refractivity contribution in [2.24, 2.45) is 5.73 Å². The number of aromatic amines is 1. The molecule has 4 N–H and O–H groups in total. The largest absolute Gasteiger partial charge is 0.493 e. The maximum Gasteiger partial charge on any atom is 0.262 e. The number of hydrogen-bond acceptors (Lipinski definition) is 4. The number of aromatic nitrogens is 2. The molecule has 0 fully saturated rings. The van der Waals surface area contributed by atoms with E-state index in [1.807, 2.05) is 26.0 Å². The highest BCUT2D eigenvalue weighted by molar-refractivity contribution is 5.67. The van der Waals surface area contributed by atoms with Crippen LogP contribution < -0.4 is 11.3 Å². The first kappa shape index (κ1) is 14.3. The van der Waals surface area contributed by atoms with Crippen molar-refractivity contribution in [3.63, 3.8) is 0 Å². The molecule has 2 rings (SSSR count). The Hall–Kier alpha value is -2.14. The third-order valence-corrected chi connectivity index (χ3v) is 3.27. The molecule has 1 unspecified atom stereocenters. The Morgan fingerprint density at radius 2 is 2.00 bits per heavy atom. The maximum atomic E-state index is 12.1. The van der Waals surface area contributed by atoms with Gasteiger partial charge in [-0.15, -0.1) is 0 Å². The Kier molecular flexibility index (Phi) is 4.20. The zero-order valence-electron chi connectivity index (χ0n) is 11.7. The lowest BCUT2D eigenvalue weighted by atomic mass is 10.1. The summed E-state index contributed by atoms with van der Waals surface area (Å²) in [4.78, 5) is 18.8. The van der Waals surface area contributed by atoms with E-state index in [9.17, 15) is 9.90 Å². The number of nitrogens with zero attached hydrogens (tertiary/aromatic N) is 1. The molecule has 0 saturated carbocycles. The summed E-state index contributed by atoms with van der Waals surface area (Å²) < 4.78 is 0. The fourth-order valence-corrected chi connectivity index (χ4v) is 1.98. The summed E-state index contributed by atoms with van der Waals surface area (Å²) in [7, 11) is 0. The van der Waals surface area contributed by atoms with Crippen LogP contribution >= 0.6 is 0 Å². The van der Waals surface area contributed by atoms with E-state index in [1.165, 1.54) is 0 Å². The molecule has 0 radical (unpaired) electrons. The number of hydrogen-bond donors (Lipinski definition) is 3.